The number of nitrogens with one attached hydrogen (secondary N) is 2. The number of aromatic amines is 1. The SMILES string of the molecule is COC(=O)OCCCNS(=O)(=O)c1cc(-c2nc(-c3ccc(Br)c(F)c3)c[nH]2)ccc1Cl. The fourth-order valence-electron chi connectivity index (χ4n) is 2.70. The van der Waals surface area contributed by atoms with Gasteiger partial charge in [-0.3, -0.25) is 0 Å². The van der Waals surface area contributed by atoms with Crippen LogP contribution in [0.3, 0.4) is 0 Å². The van der Waals surface area contributed by atoms with Gasteiger partial charge < -0.3 is 14.5 Å². The number of sulfonamides is 1. The van der Waals surface area contributed by atoms with Crippen LogP contribution in [0.2, 0.25) is 5.02 Å². The van der Waals surface area contributed by atoms with Crippen molar-refractivity contribution < 1.29 is 27.1 Å². The Balaban J connectivity index is 1.76. The Hall–Kier alpha value is -2.47. The predicted octanol–water partition coefficient (Wildman–Crippen LogP) is 4.75. The number of carbonyl (C=O) groups excluding carboxylic acids is 1. The second kappa shape index (κ2) is 10.4. The number of hydrogen-bond donors (Lipinski definition) is 2. The molecule has 2 N–H and O–H groups in total. The van der Waals surface area contributed by atoms with Gasteiger partial charge in [-0.05, 0) is 52.7 Å². The van der Waals surface area contributed by atoms with E-state index in [1.54, 1.807) is 24.4 Å². The van der Waals surface area contributed by atoms with Crippen LogP contribution < -0.4 is 4.72 Å². The van der Waals surface area contributed by atoms with Crippen molar-refractivity contribution in [3.8, 4) is 22.6 Å². The summed E-state index contributed by atoms with van der Waals surface area (Å²) < 4.78 is 51.0. The minimum Gasteiger partial charge on any atom is -0.438 e. The zero-order valence-corrected chi connectivity index (χ0v) is 19.9. The lowest BCUT2D eigenvalue weighted by molar-refractivity contribution is 0.0722. The molecule has 12 heteroatoms. The first-order valence-corrected chi connectivity index (χ1v) is 11.9. The number of hydrogen-bond acceptors (Lipinski definition) is 6. The Kier molecular flexibility index (Phi) is 7.88. The lowest BCUT2D eigenvalue weighted by Crippen LogP contribution is -2.26. The molecular weight excluding hydrogens is 529 g/mol. The summed E-state index contributed by atoms with van der Waals surface area (Å²) in [6, 6.07) is 9.09. The minimum atomic E-state index is -3.93. The molecule has 170 valence electrons. The van der Waals surface area contributed by atoms with Crippen molar-refractivity contribution in [3.63, 3.8) is 0 Å². The van der Waals surface area contributed by atoms with Crippen molar-refractivity contribution in [1.82, 2.24) is 14.7 Å². The van der Waals surface area contributed by atoms with Crippen LogP contribution in [0.1, 0.15) is 6.42 Å². The second-order valence-corrected chi connectivity index (χ2v) is 9.46. The summed E-state index contributed by atoms with van der Waals surface area (Å²) in [6.45, 7) is 0.0225. The molecule has 0 saturated heterocycles. The van der Waals surface area contributed by atoms with Gasteiger partial charge in [0, 0.05) is 23.9 Å². The molecule has 2 aromatic carbocycles. The third-order valence-corrected chi connectivity index (χ3v) is 6.87. The van der Waals surface area contributed by atoms with Crippen LogP contribution in [-0.2, 0) is 19.5 Å². The first-order valence-electron chi connectivity index (χ1n) is 9.22. The third kappa shape index (κ3) is 5.85. The van der Waals surface area contributed by atoms with E-state index in [0.717, 1.165) is 0 Å². The van der Waals surface area contributed by atoms with Gasteiger partial charge in [0.15, 0.2) is 0 Å². The van der Waals surface area contributed by atoms with Gasteiger partial charge in [0.05, 0.1) is 28.9 Å². The highest BCUT2D eigenvalue weighted by Gasteiger charge is 2.19. The summed E-state index contributed by atoms with van der Waals surface area (Å²) in [7, 11) is -2.75. The molecule has 3 rings (SSSR count). The molecule has 0 unspecified atom stereocenters. The summed E-state index contributed by atoms with van der Waals surface area (Å²) in [6.07, 6.45) is 1.00. The fraction of sp³-hybridized carbons (Fsp3) is 0.200. The predicted molar refractivity (Wildman–Crippen MR) is 120 cm³/mol. The van der Waals surface area contributed by atoms with E-state index >= 15 is 0 Å². The first-order chi connectivity index (χ1) is 15.2. The summed E-state index contributed by atoms with van der Waals surface area (Å²) in [5.41, 5.74) is 1.54. The van der Waals surface area contributed by atoms with Crippen LogP contribution in [0.15, 0.2) is 52.0 Å². The summed E-state index contributed by atoms with van der Waals surface area (Å²) >= 11 is 9.23. The maximum atomic E-state index is 13.8. The van der Waals surface area contributed by atoms with Crippen LogP contribution in [0, 0.1) is 5.82 Å². The second-order valence-electron chi connectivity index (χ2n) is 6.46. The van der Waals surface area contributed by atoms with Crippen LogP contribution >= 0.6 is 27.5 Å². The molecule has 0 fully saturated rings. The van der Waals surface area contributed by atoms with Crippen molar-refractivity contribution >= 4 is 43.7 Å². The van der Waals surface area contributed by atoms with Gasteiger partial charge in [0.1, 0.15) is 16.5 Å². The van der Waals surface area contributed by atoms with Crippen LogP contribution in [0.4, 0.5) is 9.18 Å². The van der Waals surface area contributed by atoms with Gasteiger partial charge in [-0.25, -0.2) is 27.3 Å². The Morgan fingerprint density at radius 3 is 2.72 bits per heavy atom. The highest BCUT2D eigenvalue weighted by atomic mass is 79.9. The average Bonchev–Trinajstić information content (AvgIpc) is 3.25. The molecule has 0 spiro atoms. The molecule has 1 heterocycles. The number of methoxy groups -OCH3 is 1. The lowest BCUT2D eigenvalue weighted by Gasteiger charge is -2.10. The first kappa shape index (κ1) is 24.2. The largest absolute Gasteiger partial charge is 0.507 e. The van der Waals surface area contributed by atoms with E-state index in [2.05, 4.69) is 35.4 Å². The van der Waals surface area contributed by atoms with Crippen molar-refractivity contribution in [2.45, 2.75) is 11.3 Å². The van der Waals surface area contributed by atoms with E-state index in [-0.39, 0.29) is 29.5 Å². The Morgan fingerprint density at radius 2 is 2.00 bits per heavy atom. The van der Waals surface area contributed by atoms with E-state index in [1.807, 2.05) is 0 Å². The number of halogens is 3. The molecule has 3 aromatic rings. The van der Waals surface area contributed by atoms with Crippen molar-refractivity contribution in [2.24, 2.45) is 0 Å². The molecule has 0 radical (unpaired) electrons. The quantitative estimate of drug-likeness (QED) is 0.312. The summed E-state index contributed by atoms with van der Waals surface area (Å²) in [5.74, 6) is -0.0297. The number of aromatic nitrogens is 2. The van der Waals surface area contributed by atoms with Crippen LogP contribution in [0.5, 0.6) is 0 Å². The highest BCUT2D eigenvalue weighted by molar-refractivity contribution is 9.10. The number of benzene rings is 2. The van der Waals surface area contributed by atoms with Gasteiger partial charge >= 0.3 is 6.16 Å². The number of carbonyl (C=O) groups is 1. The van der Waals surface area contributed by atoms with Gasteiger partial charge in [0.25, 0.3) is 0 Å². The molecule has 0 atom stereocenters. The molecule has 0 saturated carbocycles. The lowest BCUT2D eigenvalue weighted by atomic mass is 10.2. The molecule has 1 aromatic heterocycles. The van der Waals surface area contributed by atoms with Crippen LogP contribution in [-0.4, -0.2) is 44.8 Å². The molecule has 0 amide bonds. The smallest absolute Gasteiger partial charge is 0.438 e. The van der Waals surface area contributed by atoms with E-state index < -0.39 is 22.0 Å². The van der Waals surface area contributed by atoms with Crippen molar-refractivity contribution in [2.75, 3.05) is 20.3 Å². The van der Waals surface area contributed by atoms with E-state index in [1.165, 1.54) is 25.3 Å². The van der Waals surface area contributed by atoms with Gasteiger partial charge in [-0.2, -0.15) is 0 Å². The summed E-state index contributed by atoms with van der Waals surface area (Å²) in [4.78, 5) is 18.2. The molecular formula is C20H18BrClFN3O5S. The topological polar surface area (TPSA) is 110 Å². The van der Waals surface area contributed by atoms with E-state index in [0.29, 0.717) is 27.1 Å². The highest BCUT2D eigenvalue weighted by Crippen LogP contribution is 2.29. The number of rotatable bonds is 8. The Bertz CT molecular complexity index is 1240. The molecule has 0 bridgehead atoms. The monoisotopic (exact) mass is 545 g/mol. The zero-order chi connectivity index (χ0) is 23.3. The number of H-pyrrole nitrogens is 1. The normalized spacial score (nSPS) is 11.4. The van der Waals surface area contributed by atoms with Crippen molar-refractivity contribution in [3.05, 3.63) is 57.9 Å². The standard InChI is InChI=1S/C20H18BrClFN3O5S/c1-30-20(27)31-8-2-7-25-32(28,29)18-10-13(4-6-15(18)22)19-24-11-17(26-19)12-3-5-14(21)16(23)9-12/h3-6,9-11,25H,2,7-8H2,1H3,(H,24,26). The van der Waals surface area contributed by atoms with Gasteiger partial charge in [-0.15, -0.1) is 0 Å². The zero-order valence-electron chi connectivity index (χ0n) is 16.7. The number of ether oxygens (including phenoxy) is 2. The molecule has 0 aliphatic heterocycles. The Morgan fingerprint density at radius 1 is 1.25 bits per heavy atom. The van der Waals surface area contributed by atoms with Crippen molar-refractivity contribution in [1.29, 1.82) is 0 Å². The fourth-order valence-corrected chi connectivity index (χ4v) is 4.54. The molecule has 8 nitrogen and oxygen atoms in total. The van der Waals surface area contributed by atoms with E-state index in [4.69, 9.17) is 16.3 Å². The van der Waals surface area contributed by atoms with Gasteiger partial charge in [0.2, 0.25) is 10.0 Å². The average molecular weight is 547 g/mol. The minimum absolute atomic E-state index is 0.00517. The molecule has 0 aliphatic rings. The molecule has 32 heavy (non-hydrogen) atoms. The Labute approximate surface area is 197 Å². The van der Waals surface area contributed by atoms with E-state index in [9.17, 15) is 17.6 Å². The number of nitrogens with zero attached hydrogens (tertiary/aromatic N) is 1. The maximum Gasteiger partial charge on any atom is 0.507 e. The summed E-state index contributed by atoms with van der Waals surface area (Å²) in [5, 5.41) is 0.0359. The van der Waals surface area contributed by atoms with Gasteiger partial charge in [-0.1, -0.05) is 17.7 Å². The maximum absolute atomic E-state index is 13.8. The molecule has 0 aliphatic carbocycles. The van der Waals surface area contributed by atoms with Crippen LogP contribution in [0.25, 0.3) is 22.6 Å². The number of imidazole rings is 1. The third-order valence-electron chi connectivity index (χ3n) is 4.29.